The van der Waals surface area contributed by atoms with Crippen LogP contribution in [-0.4, -0.2) is 19.9 Å². The van der Waals surface area contributed by atoms with Gasteiger partial charge in [0.2, 0.25) is 0 Å². The molecule has 0 saturated carbocycles. The summed E-state index contributed by atoms with van der Waals surface area (Å²) in [5.74, 6) is 0.311. The van der Waals surface area contributed by atoms with Gasteiger partial charge < -0.3 is 9.69 Å². The molecule has 0 fully saturated rings. The molecular weight excluding hydrogens is 198 g/mol. The molecule has 0 saturated heterocycles. The van der Waals surface area contributed by atoms with Crippen LogP contribution in [-0.2, 0) is 4.79 Å². The average Bonchev–Trinajstić information content (AvgIpc) is 2.46. The monoisotopic (exact) mass is 209 g/mol. The number of carbonyl (C=O) groups is 1. The van der Waals surface area contributed by atoms with Crippen LogP contribution in [0.5, 0.6) is 0 Å². The molecule has 0 N–H and O–H groups in total. The zero-order valence-electron chi connectivity index (χ0n) is 8.03. The number of aldehydes is 1. The summed E-state index contributed by atoms with van der Waals surface area (Å²) in [5.41, 5.74) is 2.29. The van der Waals surface area contributed by atoms with E-state index in [2.05, 4.69) is 11.0 Å². The SMILES string of the molecule is CN1CC(CC=O)c2cccc(Cl)c21. The summed E-state index contributed by atoms with van der Waals surface area (Å²) in [5, 5.41) is 0.776. The highest BCUT2D eigenvalue weighted by Gasteiger charge is 2.27. The van der Waals surface area contributed by atoms with Crippen LogP contribution < -0.4 is 4.90 Å². The van der Waals surface area contributed by atoms with Gasteiger partial charge in [0, 0.05) is 25.9 Å². The molecular formula is C11H12ClNO. The molecule has 0 aromatic heterocycles. The standard InChI is InChI=1S/C11H12ClNO/c1-13-7-8(5-6-14)9-3-2-4-10(12)11(9)13/h2-4,6,8H,5,7H2,1H3. The Kier molecular flexibility index (Phi) is 2.46. The number of para-hydroxylation sites is 1. The van der Waals surface area contributed by atoms with Crippen molar-refractivity contribution >= 4 is 23.6 Å². The van der Waals surface area contributed by atoms with Crippen molar-refractivity contribution in [1.82, 2.24) is 0 Å². The Morgan fingerprint density at radius 3 is 3.14 bits per heavy atom. The maximum atomic E-state index is 10.5. The van der Waals surface area contributed by atoms with Gasteiger partial charge in [0.05, 0.1) is 10.7 Å². The molecule has 1 aromatic carbocycles. The van der Waals surface area contributed by atoms with Crippen molar-refractivity contribution in [3.63, 3.8) is 0 Å². The third-order valence-corrected chi connectivity index (χ3v) is 3.02. The predicted octanol–water partition coefficient (Wildman–Crippen LogP) is 2.46. The second-order valence-electron chi connectivity index (χ2n) is 3.66. The first-order valence-electron chi connectivity index (χ1n) is 4.67. The van der Waals surface area contributed by atoms with E-state index in [1.807, 2.05) is 19.2 Å². The number of hydrogen-bond donors (Lipinski definition) is 0. The summed E-state index contributed by atoms with van der Waals surface area (Å²) in [6.45, 7) is 0.887. The molecule has 74 valence electrons. The van der Waals surface area contributed by atoms with Gasteiger partial charge in [-0.1, -0.05) is 23.7 Å². The minimum atomic E-state index is 0.311. The number of rotatable bonds is 2. The van der Waals surface area contributed by atoms with Crippen LogP contribution in [0.15, 0.2) is 18.2 Å². The van der Waals surface area contributed by atoms with Gasteiger partial charge in [0.25, 0.3) is 0 Å². The first kappa shape index (κ1) is 9.53. The molecule has 1 aromatic rings. The van der Waals surface area contributed by atoms with Gasteiger partial charge in [-0.05, 0) is 11.6 Å². The molecule has 1 unspecified atom stereocenters. The zero-order chi connectivity index (χ0) is 10.1. The molecule has 0 radical (unpaired) electrons. The van der Waals surface area contributed by atoms with Crippen molar-refractivity contribution in [3.8, 4) is 0 Å². The summed E-state index contributed by atoms with van der Waals surface area (Å²) >= 11 is 6.10. The molecule has 2 nitrogen and oxygen atoms in total. The number of hydrogen-bond acceptors (Lipinski definition) is 2. The van der Waals surface area contributed by atoms with Crippen LogP contribution in [0.4, 0.5) is 5.69 Å². The lowest BCUT2D eigenvalue weighted by atomic mass is 9.99. The Labute approximate surface area is 88.5 Å². The number of fused-ring (bicyclic) bond motifs is 1. The fourth-order valence-corrected chi connectivity index (χ4v) is 2.43. The summed E-state index contributed by atoms with van der Waals surface area (Å²) in [4.78, 5) is 12.6. The molecule has 1 heterocycles. The van der Waals surface area contributed by atoms with Crippen molar-refractivity contribution in [2.45, 2.75) is 12.3 Å². The van der Waals surface area contributed by atoms with E-state index in [9.17, 15) is 4.79 Å². The Balaban J connectivity index is 2.43. The predicted molar refractivity (Wildman–Crippen MR) is 58.1 cm³/mol. The van der Waals surface area contributed by atoms with Crippen molar-refractivity contribution in [2.75, 3.05) is 18.5 Å². The fourth-order valence-electron chi connectivity index (χ4n) is 2.10. The quantitative estimate of drug-likeness (QED) is 0.698. The molecule has 0 spiro atoms. The van der Waals surface area contributed by atoms with Crippen LogP contribution >= 0.6 is 11.6 Å². The van der Waals surface area contributed by atoms with Crippen molar-refractivity contribution < 1.29 is 4.79 Å². The van der Waals surface area contributed by atoms with E-state index < -0.39 is 0 Å². The molecule has 0 amide bonds. The summed E-state index contributed by atoms with van der Waals surface area (Å²) in [6, 6.07) is 5.89. The second-order valence-corrected chi connectivity index (χ2v) is 4.06. The maximum absolute atomic E-state index is 10.5. The molecule has 2 rings (SSSR count). The maximum Gasteiger partial charge on any atom is 0.120 e. The van der Waals surface area contributed by atoms with Gasteiger partial charge in [0.1, 0.15) is 6.29 Å². The molecule has 0 bridgehead atoms. The fraction of sp³-hybridized carbons (Fsp3) is 0.364. The molecule has 1 aliphatic rings. The Morgan fingerprint density at radius 1 is 1.64 bits per heavy atom. The van der Waals surface area contributed by atoms with Gasteiger partial charge in [-0.2, -0.15) is 0 Å². The van der Waals surface area contributed by atoms with Crippen LogP contribution in [0.3, 0.4) is 0 Å². The lowest BCUT2D eigenvalue weighted by molar-refractivity contribution is -0.108. The first-order chi connectivity index (χ1) is 6.74. The Bertz CT molecular complexity index is 364. The lowest BCUT2D eigenvalue weighted by Crippen LogP contribution is -2.15. The van der Waals surface area contributed by atoms with E-state index in [0.29, 0.717) is 12.3 Å². The highest BCUT2D eigenvalue weighted by molar-refractivity contribution is 6.33. The molecule has 14 heavy (non-hydrogen) atoms. The van der Waals surface area contributed by atoms with Crippen LogP contribution in [0, 0.1) is 0 Å². The summed E-state index contributed by atoms with van der Waals surface area (Å²) < 4.78 is 0. The van der Waals surface area contributed by atoms with E-state index in [1.165, 1.54) is 5.56 Å². The highest BCUT2D eigenvalue weighted by Crippen LogP contribution is 2.41. The number of carbonyl (C=O) groups excluding carboxylic acids is 1. The third-order valence-electron chi connectivity index (χ3n) is 2.71. The number of benzene rings is 1. The first-order valence-corrected chi connectivity index (χ1v) is 5.05. The topological polar surface area (TPSA) is 20.3 Å². The largest absolute Gasteiger partial charge is 0.373 e. The van der Waals surface area contributed by atoms with Crippen molar-refractivity contribution in [2.24, 2.45) is 0 Å². The van der Waals surface area contributed by atoms with E-state index >= 15 is 0 Å². The Morgan fingerprint density at radius 2 is 2.43 bits per heavy atom. The van der Waals surface area contributed by atoms with Gasteiger partial charge in [-0.3, -0.25) is 0 Å². The minimum Gasteiger partial charge on any atom is -0.373 e. The van der Waals surface area contributed by atoms with Gasteiger partial charge in [-0.15, -0.1) is 0 Å². The third kappa shape index (κ3) is 1.40. The van der Waals surface area contributed by atoms with E-state index in [-0.39, 0.29) is 0 Å². The normalized spacial score (nSPS) is 19.6. The lowest BCUT2D eigenvalue weighted by Gasteiger charge is -2.12. The number of anilines is 1. The van der Waals surface area contributed by atoms with E-state index in [4.69, 9.17) is 11.6 Å². The zero-order valence-corrected chi connectivity index (χ0v) is 8.79. The average molecular weight is 210 g/mol. The number of halogens is 1. The minimum absolute atomic E-state index is 0.311. The van der Waals surface area contributed by atoms with Gasteiger partial charge >= 0.3 is 0 Å². The van der Waals surface area contributed by atoms with Gasteiger partial charge in [0.15, 0.2) is 0 Å². The smallest absolute Gasteiger partial charge is 0.120 e. The summed E-state index contributed by atoms with van der Waals surface area (Å²) in [7, 11) is 2.01. The Hall–Kier alpha value is -1.02. The molecule has 3 heteroatoms. The van der Waals surface area contributed by atoms with Crippen LogP contribution in [0.1, 0.15) is 17.9 Å². The van der Waals surface area contributed by atoms with Crippen molar-refractivity contribution in [1.29, 1.82) is 0 Å². The molecule has 1 aliphatic heterocycles. The highest BCUT2D eigenvalue weighted by atomic mass is 35.5. The molecule has 0 aliphatic carbocycles. The van der Waals surface area contributed by atoms with E-state index in [0.717, 1.165) is 23.5 Å². The summed E-state index contributed by atoms with van der Waals surface area (Å²) in [6.07, 6.45) is 1.56. The number of nitrogens with zero attached hydrogens (tertiary/aromatic N) is 1. The van der Waals surface area contributed by atoms with Crippen LogP contribution in [0.2, 0.25) is 5.02 Å². The number of likely N-dealkylation sites (N-methyl/N-ethyl adjacent to an activating group) is 1. The second kappa shape index (κ2) is 3.62. The van der Waals surface area contributed by atoms with Crippen molar-refractivity contribution in [3.05, 3.63) is 28.8 Å². The molecule has 1 atom stereocenters. The van der Waals surface area contributed by atoms with E-state index in [1.54, 1.807) is 0 Å². The van der Waals surface area contributed by atoms with Gasteiger partial charge in [-0.25, -0.2) is 0 Å². The van der Waals surface area contributed by atoms with Crippen LogP contribution in [0.25, 0.3) is 0 Å².